The van der Waals surface area contributed by atoms with E-state index in [0.717, 1.165) is 23.9 Å². The van der Waals surface area contributed by atoms with E-state index in [1.165, 1.54) is 4.90 Å². The third-order valence-electron chi connectivity index (χ3n) is 5.37. The summed E-state index contributed by atoms with van der Waals surface area (Å²) in [6, 6.07) is 5.51. The third-order valence-corrected chi connectivity index (χ3v) is 5.37. The van der Waals surface area contributed by atoms with E-state index >= 15 is 0 Å². The largest absolute Gasteiger partial charge is 0.449 e. The van der Waals surface area contributed by atoms with Crippen molar-refractivity contribution in [3.8, 4) is 5.69 Å². The molecule has 1 aliphatic heterocycles. The molecule has 0 radical (unpaired) electrons. The molecule has 0 aliphatic carbocycles. The Labute approximate surface area is 179 Å². The summed E-state index contributed by atoms with van der Waals surface area (Å²) in [5, 5.41) is 10.7. The summed E-state index contributed by atoms with van der Waals surface area (Å²) in [5.74, 6) is -0.124. The second-order valence-corrected chi connectivity index (χ2v) is 7.53. The zero-order valence-corrected chi connectivity index (χ0v) is 17.6. The van der Waals surface area contributed by atoms with Gasteiger partial charge in [-0.25, -0.2) is 9.78 Å². The maximum atomic E-state index is 12.8. The van der Waals surface area contributed by atoms with Crippen molar-refractivity contribution in [3.63, 3.8) is 0 Å². The second-order valence-electron chi connectivity index (χ2n) is 7.53. The van der Waals surface area contributed by atoms with Crippen molar-refractivity contribution in [2.24, 2.45) is 0 Å². The number of aliphatic hydroxyl groups is 1. The Balaban J connectivity index is 1.61. The van der Waals surface area contributed by atoms with E-state index in [2.05, 4.69) is 9.97 Å². The number of carbonyl (C=O) groups excluding carboxylic acids is 2. The van der Waals surface area contributed by atoms with Crippen LogP contribution in [0.5, 0.6) is 0 Å². The number of hydrogen-bond donors (Lipinski definition) is 1. The molecule has 0 spiro atoms. The first-order chi connectivity index (χ1) is 15.0. The molecule has 162 valence electrons. The normalized spacial score (nSPS) is 16.4. The van der Waals surface area contributed by atoms with Crippen LogP contribution in [-0.4, -0.2) is 69.4 Å². The standard InChI is InChI=1S/C22H25N5O4/c1-3-31-22(30)25(2)17-10-18(13-23-12-17)27-8-6-15-9-16(11-24-20(15)27)21(29)26-7-4-5-19(28)14-26/h6,8-13,19,28H,3-5,7,14H2,1-2H3/t19-/m1/s1. The maximum Gasteiger partial charge on any atom is 0.414 e. The molecule has 1 saturated heterocycles. The lowest BCUT2D eigenvalue weighted by molar-refractivity contribution is 0.0473. The fourth-order valence-electron chi connectivity index (χ4n) is 3.73. The van der Waals surface area contributed by atoms with Crippen molar-refractivity contribution in [1.29, 1.82) is 0 Å². The van der Waals surface area contributed by atoms with Crippen LogP contribution < -0.4 is 4.90 Å². The van der Waals surface area contributed by atoms with E-state index in [1.807, 2.05) is 29.0 Å². The molecule has 2 amide bonds. The van der Waals surface area contributed by atoms with Crippen LogP contribution in [0.1, 0.15) is 30.1 Å². The summed E-state index contributed by atoms with van der Waals surface area (Å²) in [4.78, 5) is 36.6. The molecule has 0 unspecified atom stereocenters. The molecule has 4 heterocycles. The summed E-state index contributed by atoms with van der Waals surface area (Å²) >= 11 is 0. The van der Waals surface area contributed by atoms with Crippen molar-refractivity contribution in [3.05, 3.63) is 48.5 Å². The zero-order chi connectivity index (χ0) is 22.0. The van der Waals surface area contributed by atoms with Crippen LogP contribution in [0.4, 0.5) is 10.5 Å². The number of pyridine rings is 2. The minimum absolute atomic E-state index is 0.124. The molecule has 0 bridgehead atoms. The van der Waals surface area contributed by atoms with Crippen LogP contribution in [0.15, 0.2) is 43.0 Å². The first kappa shape index (κ1) is 20.8. The lowest BCUT2D eigenvalue weighted by atomic mass is 10.1. The van der Waals surface area contributed by atoms with Gasteiger partial charge in [-0.15, -0.1) is 0 Å². The summed E-state index contributed by atoms with van der Waals surface area (Å²) in [6.07, 6.45) is 7.27. The average Bonchev–Trinajstić information content (AvgIpc) is 3.21. The minimum Gasteiger partial charge on any atom is -0.449 e. The number of anilines is 1. The molecular weight excluding hydrogens is 398 g/mol. The van der Waals surface area contributed by atoms with Gasteiger partial charge >= 0.3 is 6.09 Å². The number of nitrogens with zero attached hydrogens (tertiary/aromatic N) is 5. The van der Waals surface area contributed by atoms with Crippen LogP contribution in [0, 0.1) is 0 Å². The van der Waals surface area contributed by atoms with Crippen LogP contribution in [0.2, 0.25) is 0 Å². The Morgan fingerprint density at radius 2 is 2.13 bits per heavy atom. The topological polar surface area (TPSA) is 101 Å². The van der Waals surface area contributed by atoms with Gasteiger partial charge in [-0.1, -0.05) is 0 Å². The van der Waals surface area contributed by atoms with Crippen LogP contribution in [-0.2, 0) is 4.74 Å². The molecule has 1 aliphatic rings. The third kappa shape index (κ3) is 4.22. The monoisotopic (exact) mass is 423 g/mol. The van der Waals surface area contributed by atoms with Gasteiger partial charge in [-0.3, -0.25) is 19.2 Å². The van der Waals surface area contributed by atoms with Crippen molar-refractivity contribution in [1.82, 2.24) is 19.4 Å². The van der Waals surface area contributed by atoms with Gasteiger partial charge in [0.2, 0.25) is 0 Å². The van der Waals surface area contributed by atoms with Crippen molar-refractivity contribution >= 4 is 28.7 Å². The van der Waals surface area contributed by atoms with Gasteiger partial charge in [0.15, 0.2) is 0 Å². The number of ether oxygens (including phenoxy) is 1. The van der Waals surface area contributed by atoms with E-state index in [1.54, 1.807) is 37.5 Å². The van der Waals surface area contributed by atoms with Crippen LogP contribution in [0.3, 0.4) is 0 Å². The van der Waals surface area contributed by atoms with Gasteiger partial charge in [-0.05, 0) is 38.0 Å². The van der Waals surface area contributed by atoms with Crippen LogP contribution in [0.25, 0.3) is 16.7 Å². The van der Waals surface area contributed by atoms with Crippen molar-refractivity contribution < 1.29 is 19.4 Å². The number of hydrogen-bond acceptors (Lipinski definition) is 6. The molecule has 9 heteroatoms. The molecule has 4 rings (SSSR count). The highest BCUT2D eigenvalue weighted by atomic mass is 16.6. The lowest BCUT2D eigenvalue weighted by Gasteiger charge is -2.30. The molecule has 0 saturated carbocycles. The molecule has 31 heavy (non-hydrogen) atoms. The number of aliphatic hydroxyl groups excluding tert-OH is 1. The minimum atomic E-state index is -0.469. The van der Waals surface area contributed by atoms with Gasteiger partial charge in [0, 0.05) is 37.9 Å². The molecular formula is C22H25N5O4. The van der Waals surface area contributed by atoms with E-state index in [4.69, 9.17) is 4.74 Å². The number of fused-ring (bicyclic) bond motifs is 1. The van der Waals surface area contributed by atoms with Crippen LogP contribution >= 0.6 is 0 Å². The number of piperidine rings is 1. The van der Waals surface area contributed by atoms with E-state index in [-0.39, 0.29) is 5.91 Å². The molecule has 9 nitrogen and oxygen atoms in total. The average molecular weight is 423 g/mol. The number of amides is 2. The predicted molar refractivity (Wildman–Crippen MR) is 115 cm³/mol. The van der Waals surface area contributed by atoms with E-state index in [9.17, 15) is 14.7 Å². The second kappa shape index (κ2) is 8.73. The fourth-order valence-corrected chi connectivity index (χ4v) is 3.73. The first-order valence-electron chi connectivity index (χ1n) is 10.3. The summed E-state index contributed by atoms with van der Waals surface area (Å²) in [5.41, 5.74) is 2.49. The Kier molecular flexibility index (Phi) is 5.85. The molecule has 0 aromatic carbocycles. The summed E-state index contributed by atoms with van der Waals surface area (Å²) in [6.45, 7) is 3.04. The molecule has 1 fully saturated rings. The number of aromatic nitrogens is 3. The van der Waals surface area contributed by atoms with E-state index in [0.29, 0.717) is 36.6 Å². The van der Waals surface area contributed by atoms with Gasteiger partial charge in [0.1, 0.15) is 5.65 Å². The highest BCUT2D eigenvalue weighted by molar-refractivity contribution is 5.97. The lowest BCUT2D eigenvalue weighted by Crippen LogP contribution is -2.42. The highest BCUT2D eigenvalue weighted by Crippen LogP contribution is 2.23. The smallest absolute Gasteiger partial charge is 0.414 e. The molecule has 3 aromatic rings. The molecule has 1 atom stereocenters. The Bertz CT molecular complexity index is 1110. The number of β-amino-alcohol motifs (C(OH)–C–C–N with tert-alkyl or cyclic N) is 1. The summed E-state index contributed by atoms with van der Waals surface area (Å²) in [7, 11) is 1.63. The SMILES string of the molecule is CCOC(=O)N(C)c1cncc(-n2ccc3cc(C(=O)N4CCC[C@@H](O)C4)cnc32)c1. The number of rotatable bonds is 4. The number of carbonyl (C=O) groups is 2. The fraction of sp³-hybridized carbons (Fsp3) is 0.364. The quantitative estimate of drug-likeness (QED) is 0.692. The van der Waals surface area contributed by atoms with Gasteiger partial charge in [0.05, 0.1) is 42.0 Å². The highest BCUT2D eigenvalue weighted by Gasteiger charge is 2.23. The summed E-state index contributed by atoms with van der Waals surface area (Å²) < 4.78 is 6.89. The van der Waals surface area contributed by atoms with Gasteiger partial charge < -0.3 is 14.7 Å². The van der Waals surface area contributed by atoms with Crippen molar-refractivity contribution in [2.75, 3.05) is 31.6 Å². The Morgan fingerprint density at radius 1 is 1.29 bits per heavy atom. The first-order valence-corrected chi connectivity index (χ1v) is 10.3. The molecule has 1 N–H and O–H groups in total. The Hall–Kier alpha value is -3.46. The maximum absolute atomic E-state index is 12.8. The number of likely N-dealkylation sites (tertiary alicyclic amines) is 1. The predicted octanol–water partition coefficient (Wildman–Crippen LogP) is 2.61. The molecule has 3 aromatic heterocycles. The Morgan fingerprint density at radius 3 is 2.90 bits per heavy atom. The van der Waals surface area contributed by atoms with Gasteiger partial charge in [-0.2, -0.15) is 0 Å². The zero-order valence-electron chi connectivity index (χ0n) is 17.6. The van der Waals surface area contributed by atoms with Gasteiger partial charge in [0.25, 0.3) is 5.91 Å². The van der Waals surface area contributed by atoms with Crippen molar-refractivity contribution in [2.45, 2.75) is 25.9 Å². The van der Waals surface area contributed by atoms with E-state index < -0.39 is 12.2 Å².